The highest BCUT2D eigenvalue weighted by molar-refractivity contribution is 14.1. The van der Waals surface area contributed by atoms with Crippen LogP contribution in [0.5, 0.6) is 0 Å². The number of halogens is 2. The Hall–Kier alpha value is -0.430. The fourth-order valence-corrected chi connectivity index (χ4v) is 2.96. The number of amides is 1. The van der Waals surface area contributed by atoms with E-state index < -0.39 is 0 Å². The van der Waals surface area contributed by atoms with Gasteiger partial charge >= 0.3 is 0 Å². The molecule has 96 valence electrons. The standard InChI is InChI=1S/C13H13BrINO2/c14-8-1-6-12(15)11(7-8)13(18)16-9-2-4-10(17)5-3-9/h1,6-7,9H,2-5H2,(H,16,18). The number of ketones is 1. The van der Waals surface area contributed by atoms with Crippen LogP contribution in [0.1, 0.15) is 36.0 Å². The minimum absolute atomic E-state index is 0.0555. The molecule has 2 rings (SSSR count). The van der Waals surface area contributed by atoms with Gasteiger partial charge in [-0.15, -0.1) is 0 Å². The van der Waals surface area contributed by atoms with E-state index in [1.54, 1.807) is 0 Å². The highest BCUT2D eigenvalue weighted by Crippen LogP contribution is 2.20. The summed E-state index contributed by atoms with van der Waals surface area (Å²) in [7, 11) is 0. The molecule has 0 atom stereocenters. The molecule has 0 aromatic heterocycles. The second-order valence-electron chi connectivity index (χ2n) is 4.41. The highest BCUT2D eigenvalue weighted by Gasteiger charge is 2.21. The van der Waals surface area contributed by atoms with E-state index in [2.05, 4.69) is 43.8 Å². The maximum atomic E-state index is 12.1. The van der Waals surface area contributed by atoms with Gasteiger partial charge in [-0.05, 0) is 53.6 Å². The van der Waals surface area contributed by atoms with Crippen LogP contribution in [0.15, 0.2) is 22.7 Å². The molecule has 0 aliphatic heterocycles. The molecule has 1 aromatic carbocycles. The number of benzene rings is 1. The second-order valence-corrected chi connectivity index (χ2v) is 6.49. The Morgan fingerprint density at radius 2 is 2.00 bits per heavy atom. The molecule has 3 nitrogen and oxygen atoms in total. The second kappa shape index (κ2) is 6.14. The molecule has 18 heavy (non-hydrogen) atoms. The minimum Gasteiger partial charge on any atom is -0.349 e. The zero-order chi connectivity index (χ0) is 13.1. The zero-order valence-electron chi connectivity index (χ0n) is 9.71. The summed E-state index contributed by atoms with van der Waals surface area (Å²) in [5.74, 6) is 0.248. The summed E-state index contributed by atoms with van der Waals surface area (Å²) in [6, 6.07) is 5.78. The van der Waals surface area contributed by atoms with Crippen LogP contribution in [0.3, 0.4) is 0 Å². The number of hydrogen-bond donors (Lipinski definition) is 1. The van der Waals surface area contributed by atoms with Crippen molar-refractivity contribution in [3.8, 4) is 0 Å². The topological polar surface area (TPSA) is 46.2 Å². The molecule has 1 fully saturated rings. The van der Waals surface area contributed by atoms with Crippen molar-refractivity contribution in [3.63, 3.8) is 0 Å². The lowest BCUT2D eigenvalue weighted by molar-refractivity contribution is -0.120. The molecule has 5 heteroatoms. The molecule has 1 saturated carbocycles. The van der Waals surface area contributed by atoms with E-state index in [0.717, 1.165) is 20.9 Å². The quantitative estimate of drug-likeness (QED) is 0.744. The van der Waals surface area contributed by atoms with Gasteiger partial charge in [-0.1, -0.05) is 15.9 Å². The lowest BCUT2D eigenvalue weighted by Gasteiger charge is -2.22. The van der Waals surface area contributed by atoms with Crippen molar-refractivity contribution >= 4 is 50.2 Å². The molecule has 0 radical (unpaired) electrons. The van der Waals surface area contributed by atoms with Gasteiger partial charge in [0.25, 0.3) is 5.91 Å². The first-order valence-corrected chi connectivity index (χ1v) is 7.71. The Morgan fingerprint density at radius 1 is 1.33 bits per heavy atom. The fraction of sp³-hybridized carbons (Fsp3) is 0.385. The normalized spacial score (nSPS) is 16.7. The van der Waals surface area contributed by atoms with E-state index in [4.69, 9.17) is 0 Å². The van der Waals surface area contributed by atoms with Crippen LogP contribution in [0.2, 0.25) is 0 Å². The molecule has 0 saturated heterocycles. The van der Waals surface area contributed by atoms with Crippen molar-refractivity contribution in [3.05, 3.63) is 31.8 Å². The summed E-state index contributed by atoms with van der Waals surface area (Å²) in [5.41, 5.74) is 0.682. The monoisotopic (exact) mass is 421 g/mol. The Labute approximate surface area is 128 Å². The SMILES string of the molecule is O=C1CCC(NC(=O)c2cc(Br)ccc2I)CC1. The first kappa shape index (κ1) is 14.0. The Morgan fingerprint density at radius 3 is 2.67 bits per heavy atom. The average Bonchev–Trinajstić information content (AvgIpc) is 2.35. The molecule has 1 aliphatic rings. The van der Waals surface area contributed by atoms with E-state index in [9.17, 15) is 9.59 Å². The van der Waals surface area contributed by atoms with E-state index in [-0.39, 0.29) is 11.9 Å². The Balaban J connectivity index is 2.03. The van der Waals surface area contributed by atoms with Gasteiger partial charge < -0.3 is 5.32 Å². The Bertz CT molecular complexity index is 480. The summed E-state index contributed by atoms with van der Waals surface area (Å²) in [4.78, 5) is 23.3. The summed E-state index contributed by atoms with van der Waals surface area (Å²) >= 11 is 5.52. The summed E-state index contributed by atoms with van der Waals surface area (Å²) in [5, 5.41) is 3.01. The van der Waals surface area contributed by atoms with Crippen LogP contribution in [-0.4, -0.2) is 17.7 Å². The number of Topliss-reactive ketones (excluding diaryl/α,β-unsaturated/α-hetero) is 1. The number of hydrogen-bond acceptors (Lipinski definition) is 2. The number of carbonyl (C=O) groups excluding carboxylic acids is 2. The van der Waals surface area contributed by atoms with Crippen LogP contribution in [0.4, 0.5) is 0 Å². The summed E-state index contributed by atoms with van der Waals surface area (Å²) < 4.78 is 1.83. The van der Waals surface area contributed by atoms with Crippen LogP contribution < -0.4 is 5.32 Å². The molecular formula is C13H13BrINO2. The van der Waals surface area contributed by atoms with Gasteiger partial charge in [-0.2, -0.15) is 0 Å². The molecule has 0 heterocycles. The highest BCUT2D eigenvalue weighted by atomic mass is 127. The number of rotatable bonds is 2. The van der Waals surface area contributed by atoms with Gasteiger partial charge in [-0.3, -0.25) is 9.59 Å². The van der Waals surface area contributed by atoms with Crippen LogP contribution in [0, 0.1) is 3.57 Å². The predicted molar refractivity (Wildman–Crippen MR) is 81.6 cm³/mol. The fourth-order valence-electron chi connectivity index (χ4n) is 2.02. The predicted octanol–water partition coefficient (Wildman–Crippen LogP) is 3.30. The van der Waals surface area contributed by atoms with Gasteiger partial charge in [0.2, 0.25) is 0 Å². The van der Waals surface area contributed by atoms with E-state index >= 15 is 0 Å². The largest absolute Gasteiger partial charge is 0.349 e. The summed E-state index contributed by atoms with van der Waals surface area (Å²) in [6.45, 7) is 0. The van der Waals surface area contributed by atoms with Crippen molar-refractivity contribution < 1.29 is 9.59 Å². The van der Waals surface area contributed by atoms with Crippen LogP contribution in [-0.2, 0) is 4.79 Å². The maximum absolute atomic E-state index is 12.1. The third kappa shape index (κ3) is 3.54. The van der Waals surface area contributed by atoms with Crippen LogP contribution in [0.25, 0.3) is 0 Å². The lowest BCUT2D eigenvalue weighted by atomic mass is 9.94. The Kier molecular flexibility index (Phi) is 4.77. The molecule has 0 unspecified atom stereocenters. The smallest absolute Gasteiger partial charge is 0.252 e. The van der Waals surface area contributed by atoms with E-state index in [0.29, 0.717) is 24.2 Å². The molecule has 1 N–H and O–H groups in total. The molecule has 0 bridgehead atoms. The van der Waals surface area contributed by atoms with Gasteiger partial charge in [0.15, 0.2) is 0 Å². The third-order valence-corrected chi connectivity index (χ3v) is 4.49. The lowest BCUT2D eigenvalue weighted by Crippen LogP contribution is -2.38. The van der Waals surface area contributed by atoms with Gasteiger partial charge in [-0.25, -0.2) is 0 Å². The molecular weight excluding hydrogens is 409 g/mol. The van der Waals surface area contributed by atoms with Crippen molar-refractivity contribution in [2.45, 2.75) is 31.7 Å². The average molecular weight is 422 g/mol. The minimum atomic E-state index is -0.0555. The van der Waals surface area contributed by atoms with Crippen LogP contribution >= 0.6 is 38.5 Å². The first-order chi connectivity index (χ1) is 8.56. The molecule has 1 aromatic rings. The summed E-state index contributed by atoms with van der Waals surface area (Å²) in [6.07, 6.45) is 2.69. The third-order valence-electron chi connectivity index (χ3n) is 3.05. The number of nitrogens with one attached hydrogen (secondary N) is 1. The van der Waals surface area contributed by atoms with Gasteiger partial charge in [0.05, 0.1) is 5.56 Å². The molecule has 0 spiro atoms. The van der Waals surface area contributed by atoms with Gasteiger partial charge in [0.1, 0.15) is 5.78 Å². The maximum Gasteiger partial charge on any atom is 0.252 e. The van der Waals surface area contributed by atoms with Crippen molar-refractivity contribution in [1.29, 1.82) is 0 Å². The van der Waals surface area contributed by atoms with Crippen molar-refractivity contribution in [2.24, 2.45) is 0 Å². The zero-order valence-corrected chi connectivity index (χ0v) is 13.5. The van der Waals surface area contributed by atoms with E-state index in [1.165, 1.54) is 0 Å². The van der Waals surface area contributed by atoms with E-state index in [1.807, 2.05) is 18.2 Å². The van der Waals surface area contributed by atoms with Gasteiger partial charge in [0, 0.05) is 26.9 Å². The van der Waals surface area contributed by atoms with Crippen molar-refractivity contribution in [2.75, 3.05) is 0 Å². The molecule has 1 aliphatic carbocycles. The van der Waals surface area contributed by atoms with Crippen molar-refractivity contribution in [1.82, 2.24) is 5.32 Å². The first-order valence-electron chi connectivity index (χ1n) is 5.84. The number of carbonyl (C=O) groups is 2. The molecule has 1 amide bonds.